The van der Waals surface area contributed by atoms with Crippen LogP contribution in [0.5, 0.6) is 0 Å². The lowest BCUT2D eigenvalue weighted by molar-refractivity contribution is -0.129. The third-order valence-corrected chi connectivity index (χ3v) is 6.39. The van der Waals surface area contributed by atoms with E-state index in [1.165, 1.54) is 4.31 Å². The molecule has 0 saturated carbocycles. The number of likely N-dealkylation sites (tertiary alicyclic amines) is 1. The first-order chi connectivity index (χ1) is 10.6. The van der Waals surface area contributed by atoms with Gasteiger partial charge in [-0.15, -0.1) is 0 Å². The summed E-state index contributed by atoms with van der Waals surface area (Å²) in [5.41, 5.74) is 0. The second-order valence-corrected chi connectivity index (χ2v) is 7.53. The Morgan fingerprint density at radius 3 is 2.64 bits per heavy atom. The molecule has 2 saturated heterocycles. The van der Waals surface area contributed by atoms with Gasteiger partial charge < -0.3 is 9.64 Å². The summed E-state index contributed by atoms with van der Waals surface area (Å²) >= 11 is 0. The van der Waals surface area contributed by atoms with Crippen LogP contribution in [-0.2, 0) is 19.6 Å². The standard InChI is InChI=1S/C15H20N2O4S/c1-21-10-9-16-13-7-8-17(14(13)11-15(16)18)22(19,20)12-5-3-2-4-6-12/h2-6,13-14H,7-11H2,1H3/t13-,14+/m1/s1. The van der Waals surface area contributed by atoms with Gasteiger partial charge in [0.1, 0.15) is 0 Å². The summed E-state index contributed by atoms with van der Waals surface area (Å²) < 4.78 is 32.1. The van der Waals surface area contributed by atoms with Crippen molar-refractivity contribution in [3.05, 3.63) is 30.3 Å². The summed E-state index contributed by atoms with van der Waals surface area (Å²) in [6.45, 7) is 1.46. The fourth-order valence-electron chi connectivity index (χ4n) is 3.40. The van der Waals surface area contributed by atoms with Crippen LogP contribution in [0, 0.1) is 0 Å². The van der Waals surface area contributed by atoms with Crippen LogP contribution < -0.4 is 0 Å². The third-order valence-electron chi connectivity index (χ3n) is 4.45. The van der Waals surface area contributed by atoms with Gasteiger partial charge in [0.05, 0.1) is 23.6 Å². The fourth-order valence-corrected chi connectivity index (χ4v) is 5.09. The first-order valence-electron chi connectivity index (χ1n) is 7.41. The van der Waals surface area contributed by atoms with Crippen molar-refractivity contribution < 1.29 is 17.9 Å². The van der Waals surface area contributed by atoms with Gasteiger partial charge in [-0.2, -0.15) is 4.31 Å². The van der Waals surface area contributed by atoms with Crippen LogP contribution in [0.4, 0.5) is 0 Å². The minimum absolute atomic E-state index is 0.0139. The van der Waals surface area contributed by atoms with E-state index < -0.39 is 10.0 Å². The summed E-state index contributed by atoms with van der Waals surface area (Å²) in [5.74, 6) is 0.0139. The summed E-state index contributed by atoms with van der Waals surface area (Å²) in [6, 6.07) is 8.13. The predicted octanol–water partition coefficient (Wildman–Crippen LogP) is 0.697. The summed E-state index contributed by atoms with van der Waals surface area (Å²) in [7, 11) is -1.94. The molecule has 1 aromatic rings. The predicted molar refractivity (Wildman–Crippen MR) is 80.7 cm³/mol. The molecule has 120 valence electrons. The molecule has 0 aliphatic carbocycles. The number of hydrogen-bond acceptors (Lipinski definition) is 4. The van der Waals surface area contributed by atoms with Crippen molar-refractivity contribution in [2.45, 2.75) is 29.8 Å². The quantitative estimate of drug-likeness (QED) is 0.799. The highest BCUT2D eigenvalue weighted by molar-refractivity contribution is 7.89. The van der Waals surface area contributed by atoms with Crippen molar-refractivity contribution in [3.63, 3.8) is 0 Å². The smallest absolute Gasteiger partial charge is 0.243 e. The molecule has 1 aromatic carbocycles. The molecule has 0 radical (unpaired) electrons. The van der Waals surface area contributed by atoms with Crippen molar-refractivity contribution in [2.24, 2.45) is 0 Å². The summed E-state index contributed by atoms with van der Waals surface area (Å²) in [4.78, 5) is 14.2. The van der Waals surface area contributed by atoms with Crippen LogP contribution >= 0.6 is 0 Å². The molecule has 2 aliphatic heterocycles. The topological polar surface area (TPSA) is 66.9 Å². The largest absolute Gasteiger partial charge is 0.383 e. The fraction of sp³-hybridized carbons (Fsp3) is 0.533. The Balaban J connectivity index is 1.83. The second-order valence-electron chi connectivity index (χ2n) is 5.64. The first kappa shape index (κ1) is 15.5. The molecule has 0 spiro atoms. The SMILES string of the molecule is COCCN1C(=O)C[C@H]2[C@H]1CCN2S(=O)(=O)c1ccccc1. The van der Waals surface area contributed by atoms with Gasteiger partial charge in [0, 0.05) is 26.6 Å². The average molecular weight is 324 g/mol. The summed E-state index contributed by atoms with van der Waals surface area (Å²) in [5, 5.41) is 0. The molecule has 0 aromatic heterocycles. The number of ether oxygens (including phenoxy) is 1. The van der Waals surface area contributed by atoms with Crippen LogP contribution in [0.25, 0.3) is 0 Å². The lowest BCUT2D eigenvalue weighted by Crippen LogP contribution is -2.40. The van der Waals surface area contributed by atoms with Gasteiger partial charge in [0.25, 0.3) is 0 Å². The van der Waals surface area contributed by atoms with E-state index in [0.717, 1.165) is 0 Å². The summed E-state index contributed by atoms with van der Waals surface area (Å²) in [6.07, 6.45) is 0.951. The molecule has 3 rings (SSSR count). The Morgan fingerprint density at radius 1 is 1.23 bits per heavy atom. The number of carbonyl (C=O) groups excluding carboxylic acids is 1. The number of rotatable bonds is 5. The number of amides is 1. The first-order valence-corrected chi connectivity index (χ1v) is 8.85. The zero-order valence-corrected chi connectivity index (χ0v) is 13.3. The molecular formula is C15H20N2O4S. The molecule has 22 heavy (non-hydrogen) atoms. The van der Waals surface area contributed by atoms with Crippen molar-refractivity contribution in [2.75, 3.05) is 26.8 Å². The Hall–Kier alpha value is -1.44. The molecule has 6 nitrogen and oxygen atoms in total. The van der Waals surface area contributed by atoms with Gasteiger partial charge in [-0.3, -0.25) is 4.79 Å². The van der Waals surface area contributed by atoms with Gasteiger partial charge in [0.15, 0.2) is 0 Å². The zero-order chi connectivity index (χ0) is 15.7. The maximum atomic E-state index is 12.8. The van der Waals surface area contributed by atoms with Crippen molar-refractivity contribution in [1.29, 1.82) is 0 Å². The molecule has 2 heterocycles. The Labute approximate surface area is 130 Å². The molecule has 7 heteroatoms. The van der Waals surface area contributed by atoms with Crippen molar-refractivity contribution in [3.8, 4) is 0 Å². The number of sulfonamides is 1. The van der Waals surface area contributed by atoms with E-state index in [9.17, 15) is 13.2 Å². The monoisotopic (exact) mass is 324 g/mol. The van der Waals surface area contributed by atoms with Crippen LogP contribution in [0.2, 0.25) is 0 Å². The second kappa shape index (κ2) is 5.98. The lowest BCUT2D eigenvalue weighted by Gasteiger charge is -2.25. The van der Waals surface area contributed by atoms with E-state index in [0.29, 0.717) is 31.0 Å². The Morgan fingerprint density at radius 2 is 1.95 bits per heavy atom. The van der Waals surface area contributed by atoms with Gasteiger partial charge in [-0.25, -0.2) is 8.42 Å². The zero-order valence-electron chi connectivity index (χ0n) is 12.5. The molecule has 0 unspecified atom stereocenters. The Kier molecular flexibility index (Phi) is 4.20. The number of methoxy groups -OCH3 is 1. The van der Waals surface area contributed by atoms with Crippen molar-refractivity contribution in [1.82, 2.24) is 9.21 Å². The minimum Gasteiger partial charge on any atom is -0.383 e. The normalized spacial score (nSPS) is 25.7. The van der Waals surface area contributed by atoms with Gasteiger partial charge in [-0.05, 0) is 18.6 Å². The van der Waals surface area contributed by atoms with E-state index in [1.807, 2.05) is 0 Å². The van der Waals surface area contributed by atoms with Crippen LogP contribution in [0.1, 0.15) is 12.8 Å². The molecule has 0 bridgehead atoms. The highest BCUT2D eigenvalue weighted by atomic mass is 32.2. The maximum Gasteiger partial charge on any atom is 0.243 e. The highest BCUT2D eigenvalue weighted by Crippen LogP contribution is 2.35. The number of benzene rings is 1. The number of carbonyl (C=O) groups is 1. The van der Waals surface area contributed by atoms with E-state index >= 15 is 0 Å². The van der Waals surface area contributed by atoms with Crippen LogP contribution in [0.15, 0.2) is 35.2 Å². The lowest BCUT2D eigenvalue weighted by atomic mass is 10.1. The van der Waals surface area contributed by atoms with E-state index in [-0.39, 0.29) is 24.4 Å². The average Bonchev–Trinajstić information content (AvgIpc) is 3.05. The molecule has 1 amide bonds. The van der Waals surface area contributed by atoms with E-state index in [1.54, 1.807) is 42.3 Å². The number of fused-ring (bicyclic) bond motifs is 1. The number of hydrogen-bond donors (Lipinski definition) is 0. The van der Waals surface area contributed by atoms with Gasteiger partial charge in [0.2, 0.25) is 15.9 Å². The molecule has 2 aliphatic rings. The molecule has 0 N–H and O–H groups in total. The molecular weight excluding hydrogens is 304 g/mol. The van der Waals surface area contributed by atoms with Gasteiger partial charge in [-0.1, -0.05) is 18.2 Å². The minimum atomic E-state index is -3.54. The van der Waals surface area contributed by atoms with Gasteiger partial charge >= 0.3 is 0 Å². The highest BCUT2D eigenvalue weighted by Gasteiger charge is 2.50. The Bertz CT molecular complexity index is 647. The number of nitrogens with zero attached hydrogens (tertiary/aromatic N) is 2. The van der Waals surface area contributed by atoms with E-state index in [4.69, 9.17) is 4.74 Å². The van der Waals surface area contributed by atoms with Crippen molar-refractivity contribution >= 4 is 15.9 Å². The van der Waals surface area contributed by atoms with Crippen LogP contribution in [0.3, 0.4) is 0 Å². The molecule has 2 atom stereocenters. The maximum absolute atomic E-state index is 12.8. The van der Waals surface area contributed by atoms with Crippen LogP contribution in [-0.4, -0.2) is 62.4 Å². The third kappa shape index (κ3) is 2.53. The molecule has 2 fully saturated rings. The van der Waals surface area contributed by atoms with E-state index in [2.05, 4.69) is 0 Å².